The zero-order chi connectivity index (χ0) is 22.7. The Bertz CT molecular complexity index is 792. The van der Waals surface area contributed by atoms with E-state index in [1.54, 1.807) is 0 Å². The molecule has 7 unspecified atom stereocenters. The van der Waals surface area contributed by atoms with Gasteiger partial charge < -0.3 is 14.2 Å². The van der Waals surface area contributed by atoms with E-state index in [0.717, 1.165) is 31.2 Å². The molecule has 2 bridgehead atoms. The highest BCUT2D eigenvalue weighted by atomic mass is 16.6. The molecule has 5 nitrogen and oxygen atoms in total. The second kappa shape index (κ2) is 9.94. The number of benzene rings is 1. The number of esters is 2. The van der Waals surface area contributed by atoms with E-state index in [1.165, 1.54) is 19.3 Å². The predicted octanol–water partition coefficient (Wildman–Crippen LogP) is 5.31. The number of rotatable bonds is 12. The number of hydrogen-bond acceptors (Lipinski definition) is 5. The molecule has 0 aromatic heterocycles. The monoisotopic (exact) mass is 442 g/mol. The van der Waals surface area contributed by atoms with Crippen molar-refractivity contribution in [1.29, 1.82) is 0 Å². The average Bonchev–Trinajstić information content (AvgIpc) is 3.49. The molecule has 2 aliphatic carbocycles. The van der Waals surface area contributed by atoms with Crippen LogP contribution in [0, 0.1) is 29.1 Å². The van der Waals surface area contributed by atoms with Crippen molar-refractivity contribution in [2.75, 3.05) is 6.61 Å². The third-order valence-corrected chi connectivity index (χ3v) is 7.93. The minimum Gasteiger partial charge on any atom is -0.465 e. The minimum atomic E-state index is -0.489. The summed E-state index contributed by atoms with van der Waals surface area (Å²) in [4.78, 5) is 26.5. The zero-order valence-corrected chi connectivity index (χ0v) is 19.8. The predicted molar refractivity (Wildman–Crippen MR) is 122 cm³/mol. The van der Waals surface area contributed by atoms with E-state index in [2.05, 4.69) is 20.8 Å². The number of hydrogen-bond donors (Lipinski definition) is 0. The molecule has 7 atom stereocenters. The molecule has 5 heteroatoms. The third kappa shape index (κ3) is 4.59. The van der Waals surface area contributed by atoms with Crippen LogP contribution in [0.3, 0.4) is 0 Å². The maximum atomic E-state index is 13.3. The molecule has 3 aliphatic rings. The summed E-state index contributed by atoms with van der Waals surface area (Å²) in [5.41, 5.74) is 0.611. The summed E-state index contributed by atoms with van der Waals surface area (Å²) in [5, 5.41) is 0. The Balaban J connectivity index is 1.40. The molecule has 2 saturated carbocycles. The van der Waals surface area contributed by atoms with Crippen LogP contribution in [0.15, 0.2) is 30.3 Å². The zero-order valence-electron chi connectivity index (χ0n) is 19.8. The lowest BCUT2D eigenvalue weighted by Crippen LogP contribution is -2.44. The molecule has 1 aromatic carbocycles. The topological polar surface area (TPSA) is 65.1 Å². The first-order chi connectivity index (χ1) is 15.5. The normalized spacial score (nSPS) is 32.9. The van der Waals surface area contributed by atoms with Gasteiger partial charge in [-0.05, 0) is 30.7 Å². The van der Waals surface area contributed by atoms with Gasteiger partial charge in [-0.3, -0.25) is 9.59 Å². The highest BCUT2D eigenvalue weighted by Gasteiger charge is 2.76. The molecule has 176 valence electrons. The Morgan fingerprint density at radius 1 is 1.06 bits per heavy atom. The lowest BCUT2D eigenvalue weighted by molar-refractivity contribution is -0.166. The summed E-state index contributed by atoms with van der Waals surface area (Å²) in [6.07, 6.45) is 7.85. The molecular formula is C27H38O5. The lowest BCUT2D eigenvalue weighted by Gasteiger charge is -2.32. The molecule has 0 N–H and O–H groups in total. The van der Waals surface area contributed by atoms with Crippen molar-refractivity contribution in [1.82, 2.24) is 0 Å². The number of unbranched alkanes of at least 4 members (excludes halogenated alkanes) is 2. The van der Waals surface area contributed by atoms with Gasteiger partial charge in [-0.25, -0.2) is 0 Å². The van der Waals surface area contributed by atoms with Crippen LogP contribution in [0.1, 0.15) is 71.3 Å². The van der Waals surface area contributed by atoms with E-state index in [-0.39, 0.29) is 42.1 Å². The Morgan fingerprint density at radius 2 is 1.84 bits per heavy atom. The molecule has 1 heterocycles. The maximum absolute atomic E-state index is 13.3. The fourth-order valence-electron chi connectivity index (χ4n) is 6.26. The van der Waals surface area contributed by atoms with Gasteiger partial charge >= 0.3 is 11.9 Å². The Kier molecular flexibility index (Phi) is 7.24. The fraction of sp³-hybridized carbons (Fsp3) is 0.704. The first-order valence-electron chi connectivity index (χ1n) is 12.5. The molecule has 3 fully saturated rings. The summed E-state index contributed by atoms with van der Waals surface area (Å²) >= 11 is 0. The van der Waals surface area contributed by atoms with Gasteiger partial charge in [-0.1, -0.05) is 76.8 Å². The van der Waals surface area contributed by atoms with E-state index in [4.69, 9.17) is 14.2 Å². The summed E-state index contributed by atoms with van der Waals surface area (Å²) in [6, 6.07) is 9.67. The van der Waals surface area contributed by atoms with E-state index in [9.17, 15) is 9.59 Å². The molecule has 1 saturated heterocycles. The van der Waals surface area contributed by atoms with E-state index < -0.39 is 11.8 Å². The van der Waals surface area contributed by atoms with Gasteiger partial charge in [0.25, 0.3) is 0 Å². The van der Waals surface area contributed by atoms with Crippen LogP contribution in [0.2, 0.25) is 0 Å². The van der Waals surface area contributed by atoms with Gasteiger partial charge in [0.2, 0.25) is 0 Å². The molecular weight excluding hydrogens is 404 g/mol. The Labute approximate surface area is 192 Å². The first-order valence-corrected chi connectivity index (χ1v) is 12.5. The quantitative estimate of drug-likeness (QED) is 0.249. The van der Waals surface area contributed by atoms with Crippen LogP contribution in [-0.2, 0) is 30.4 Å². The van der Waals surface area contributed by atoms with Crippen molar-refractivity contribution in [3.63, 3.8) is 0 Å². The number of carbonyl (C=O) groups is 2. The van der Waals surface area contributed by atoms with Gasteiger partial charge in [0.05, 0.1) is 30.7 Å². The van der Waals surface area contributed by atoms with Crippen molar-refractivity contribution in [3.05, 3.63) is 35.9 Å². The van der Waals surface area contributed by atoms with Crippen molar-refractivity contribution in [2.45, 2.75) is 84.5 Å². The van der Waals surface area contributed by atoms with Crippen LogP contribution in [0.4, 0.5) is 0 Å². The highest BCUT2D eigenvalue weighted by molar-refractivity contribution is 5.85. The first kappa shape index (κ1) is 23.3. The molecule has 1 aromatic rings. The van der Waals surface area contributed by atoms with Crippen LogP contribution < -0.4 is 0 Å². The molecule has 1 aliphatic heterocycles. The van der Waals surface area contributed by atoms with Crippen molar-refractivity contribution < 1.29 is 23.8 Å². The molecule has 0 amide bonds. The standard InChI is InChI=1S/C27H38O5/c1-4-6-8-12-18(11-5-2)16-30-25(28)21-20-15-27(3,24-23(20)32-24)22(21)26(29)31-17-19-13-9-7-10-14-19/h7,9-10,13-14,18,20-24H,4-6,8,11-12,15-17H2,1-3H3. The van der Waals surface area contributed by atoms with Crippen LogP contribution >= 0.6 is 0 Å². The summed E-state index contributed by atoms with van der Waals surface area (Å²) < 4.78 is 17.5. The van der Waals surface area contributed by atoms with Crippen molar-refractivity contribution in [2.24, 2.45) is 29.1 Å². The van der Waals surface area contributed by atoms with Crippen LogP contribution in [-0.4, -0.2) is 30.8 Å². The van der Waals surface area contributed by atoms with Crippen molar-refractivity contribution >= 4 is 11.9 Å². The number of ether oxygens (including phenoxy) is 3. The number of fused-ring (bicyclic) bond motifs is 5. The lowest BCUT2D eigenvalue weighted by atomic mass is 9.71. The van der Waals surface area contributed by atoms with Crippen molar-refractivity contribution in [3.8, 4) is 0 Å². The van der Waals surface area contributed by atoms with E-state index in [0.29, 0.717) is 12.5 Å². The van der Waals surface area contributed by atoms with E-state index in [1.807, 2.05) is 30.3 Å². The summed E-state index contributed by atoms with van der Waals surface area (Å²) in [5.74, 6) is -0.995. The average molecular weight is 443 g/mol. The van der Waals surface area contributed by atoms with Crippen LogP contribution in [0.25, 0.3) is 0 Å². The SMILES string of the molecule is CCCCCC(CCC)COC(=O)C1C2CC(C)(C3OC23)C1C(=O)OCc1ccccc1. The Hall–Kier alpha value is -1.88. The smallest absolute Gasteiger partial charge is 0.310 e. The highest BCUT2D eigenvalue weighted by Crippen LogP contribution is 2.68. The van der Waals surface area contributed by atoms with Gasteiger partial charge in [0, 0.05) is 11.3 Å². The van der Waals surface area contributed by atoms with Gasteiger partial charge in [-0.2, -0.15) is 0 Å². The van der Waals surface area contributed by atoms with Crippen LogP contribution in [0.5, 0.6) is 0 Å². The molecule has 32 heavy (non-hydrogen) atoms. The second-order valence-electron chi connectivity index (χ2n) is 10.3. The van der Waals surface area contributed by atoms with Gasteiger partial charge in [0.15, 0.2) is 0 Å². The number of carbonyl (C=O) groups excluding carboxylic acids is 2. The molecule has 0 spiro atoms. The molecule has 4 rings (SSSR count). The Morgan fingerprint density at radius 3 is 2.56 bits per heavy atom. The van der Waals surface area contributed by atoms with Gasteiger partial charge in [-0.15, -0.1) is 0 Å². The largest absolute Gasteiger partial charge is 0.465 e. The third-order valence-electron chi connectivity index (χ3n) is 7.93. The number of epoxide rings is 1. The van der Waals surface area contributed by atoms with Gasteiger partial charge in [0.1, 0.15) is 6.61 Å². The second-order valence-corrected chi connectivity index (χ2v) is 10.3. The summed E-state index contributed by atoms with van der Waals surface area (Å²) in [7, 11) is 0. The molecule has 0 radical (unpaired) electrons. The maximum Gasteiger partial charge on any atom is 0.310 e. The van der Waals surface area contributed by atoms with E-state index >= 15 is 0 Å². The fourth-order valence-corrected chi connectivity index (χ4v) is 6.26. The minimum absolute atomic E-state index is 0.0662. The summed E-state index contributed by atoms with van der Waals surface area (Å²) in [6.45, 7) is 7.15.